The van der Waals surface area contributed by atoms with Gasteiger partial charge < -0.3 is 0 Å². The van der Waals surface area contributed by atoms with Crippen molar-refractivity contribution >= 4 is 25.8 Å². The Hall–Kier alpha value is -0.390. The van der Waals surface area contributed by atoms with E-state index in [2.05, 4.69) is 33.8 Å². The van der Waals surface area contributed by atoms with Gasteiger partial charge in [0.05, 0.1) is 11.5 Å². The highest BCUT2D eigenvalue weighted by molar-refractivity contribution is 9.10. The number of hydrogen-bond donors (Lipinski definition) is 0. The molecule has 2 rings (SSSR count). The Morgan fingerprint density at radius 3 is 2.68 bits per heavy atom. The molecule has 1 fully saturated rings. The molecule has 1 aliphatic rings. The van der Waals surface area contributed by atoms with Crippen LogP contribution in [0.15, 0.2) is 28.7 Å². The zero-order chi connectivity index (χ0) is 13.9. The molecule has 1 atom stereocenters. The molecule has 0 aliphatic carbocycles. The van der Waals surface area contributed by atoms with Crippen LogP contribution < -0.4 is 0 Å². The third-order valence-corrected chi connectivity index (χ3v) is 6.09. The molecule has 19 heavy (non-hydrogen) atoms. The SMILES string of the molecule is CCCN(Cc1ccccc1Br)[C@H]1CCS(=O)(=O)C1. The maximum Gasteiger partial charge on any atom is 0.151 e. The summed E-state index contributed by atoms with van der Waals surface area (Å²) in [4.78, 5) is 2.31. The van der Waals surface area contributed by atoms with E-state index in [0.29, 0.717) is 11.5 Å². The van der Waals surface area contributed by atoms with Crippen LogP contribution in [-0.4, -0.2) is 37.4 Å². The third kappa shape index (κ3) is 4.04. The van der Waals surface area contributed by atoms with E-state index in [1.165, 1.54) is 5.56 Å². The van der Waals surface area contributed by atoms with Crippen molar-refractivity contribution in [1.82, 2.24) is 4.90 Å². The van der Waals surface area contributed by atoms with Crippen LogP contribution in [0.3, 0.4) is 0 Å². The molecule has 0 unspecified atom stereocenters. The van der Waals surface area contributed by atoms with E-state index >= 15 is 0 Å². The second kappa shape index (κ2) is 6.37. The van der Waals surface area contributed by atoms with E-state index in [-0.39, 0.29) is 6.04 Å². The Balaban J connectivity index is 2.11. The topological polar surface area (TPSA) is 37.4 Å². The van der Waals surface area contributed by atoms with Crippen LogP contribution in [0.25, 0.3) is 0 Å². The molecule has 0 aromatic heterocycles. The zero-order valence-electron chi connectivity index (χ0n) is 11.2. The van der Waals surface area contributed by atoms with E-state index < -0.39 is 9.84 Å². The van der Waals surface area contributed by atoms with E-state index in [4.69, 9.17) is 0 Å². The predicted molar refractivity (Wildman–Crippen MR) is 81.9 cm³/mol. The first-order valence-corrected chi connectivity index (χ1v) is 9.31. The molecule has 1 saturated heterocycles. The molecule has 5 heteroatoms. The van der Waals surface area contributed by atoms with Crippen molar-refractivity contribution in [1.29, 1.82) is 0 Å². The average Bonchev–Trinajstić information content (AvgIpc) is 2.72. The quantitative estimate of drug-likeness (QED) is 0.823. The summed E-state index contributed by atoms with van der Waals surface area (Å²) in [6, 6.07) is 8.33. The largest absolute Gasteiger partial charge is 0.295 e. The van der Waals surface area contributed by atoms with Crippen molar-refractivity contribution in [3.63, 3.8) is 0 Å². The minimum absolute atomic E-state index is 0.178. The number of rotatable bonds is 5. The Kier molecular flexibility index (Phi) is 5.03. The van der Waals surface area contributed by atoms with Gasteiger partial charge in [-0.15, -0.1) is 0 Å². The first kappa shape index (κ1) is 15.0. The summed E-state index contributed by atoms with van der Waals surface area (Å²) < 4.78 is 24.4. The van der Waals surface area contributed by atoms with Gasteiger partial charge in [0.2, 0.25) is 0 Å². The summed E-state index contributed by atoms with van der Waals surface area (Å²) in [6.07, 6.45) is 1.81. The summed E-state index contributed by atoms with van der Waals surface area (Å²) >= 11 is 3.56. The van der Waals surface area contributed by atoms with Crippen LogP contribution in [-0.2, 0) is 16.4 Å². The van der Waals surface area contributed by atoms with Gasteiger partial charge in [-0.3, -0.25) is 4.90 Å². The Bertz CT molecular complexity index is 530. The van der Waals surface area contributed by atoms with Crippen LogP contribution in [0.4, 0.5) is 0 Å². The van der Waals surface area contributed by atoms with Crippen molar-refractivity contribution in [2.45, 2.75) is 32.4 Å². The lowest BCUT2D eigenvalue weighted by Gasteiger charge is -2.28. The van der Waals surface area contributed by atoms with Gasteiger partial charge in [0.15, 0.2) is 9.84 Å². The average molecular weight is 346 g/mol. The lowest BCUT2D eigenvalue weighted by Crippen LogP contribution is -2.36. The highest BCUT2D eigenvalue weighted by Crippen LogP contribution is 2.23. The number of nitrogens with zero attached hydrogens (tertiary/aromatic N) is 1. The van der Waals surface area contributed by atoms with Gasteiger partial charge >= 0.3 is 0 Å². The molecule has 1 heterocycles. The molecule has 1 aliphatic heterocycles. The molecule has 106 valence electrons. The molecule has 1 aromatic carbocycles. The Labute approximate surface area is 124 Å². The van der Waals surface area contributed by atoms with Gasteiger partial charge in [-0.25, -0.2) is 8.42 Å². The smallest absolute Gasteiger partial charge is 0.151 e. The summed E-state index contributed by atoms with van der Waals surface area (Å²) in [7, 11) is -2.81. The molecule has 0 bridgehead atoms. The first-order valence-electron chi connectivity index (χ1n) is 6.69. The fourth-order valence-corrected chi connectivity index (χ4v) is 4.76. The van der Waals surface area contributed by atoms with Crippen molar-refractivity contribution in [3.8, 4) is 0 Å². The molecule has 0 saturated carbocycles. The number of halogens is 1. The third-order valence-electron chi connectivity index (χ3n) is 3.57. The van der Waals surface area contributed by atoms with Gasteiger partial charge in [0.1, 0.15) is 0 Å². The molecule has 0 amide bonds. The standard InChI is InChI=1S/C14H20BrNO2S/c1-2-8-16(13-7-9-19(17,18)11-13)10-12-5-3-4-6-14(12)15/h3-6,13H,2,7-11H2,1H3/t13-/m0/s1. The molecular weight excluding hydrogens is 326 g/mol. The Morgan fingerprint density at radius 1 is 1.37 bits per heavy atom. The van der Waals surface area contributed by atoms with Gasteiger partial charge in [-0.2, -0.15) is 0 Å². The molecule has 0 radical (unpaired) electrons. The first-order chi connectivity index (χ1) is 9.02. The van der Waals surface area contributed by atoms with Crippen molar-refractivity contribution in [3.05, 3.63) is 34.3 Å². The number of hydrogen-bond acceptors (Lipinski definition) is 3. The fraction of sp³-hybridized carbons (Fsp3) is 0.571. The second-order valence-electron chi connectivity index (χ2n) is 5.12. The van der Waals surface area contributed by atoms with Crippen LogP contribution >= 0.6 is 15.9 Å². The fourth-order valence-electron chi connectivity index (χ4n) is 2.59. The van der Waals surface area contributed by atoms with Gasteiger partial charge in [-0.05, 0) is 31.0 Å². The summed E-state index contributed by atoms with van der Waals surface area (Å²) in [5.74, 6) is 0.658. The predicted octanol–water partition coefficient (Wildman–Crippen LogP) is 2.85. The van der Waals surface area contributed by atoms with Gasteiger partial charge in [0, 0.05) is 17.1 Å². The molecular formula is C14H20BrNO2S. The molecule has 0 spiro atoms. The van der Waals surface area contributed by atoms with Crippen LogP contribution in [0.1, 0.15) is 25.3 Å². The van der Waals surface area contributed by atoms with Crippen LogP contribution in [0.2, 0.25) is 0 Å². The monoisotopic (exact) mass is 345 g/mol. The Morgan fingerprint density at radius 2 is 2.11 bits per heavy atom. The van der Waals surface area contributed by atoms with Crippen molar-refractivity contribution < 1.29 is 8.42 Å². The summed E-state index contributed by atoms with van der Waals surface area (Å²) in [5, 5.41) is 0. The van der Waals surface area contributed by atoms with Crippen LogP contribution in [0, 0.1) is 0 Å². The molecule has 1 aromatic rings. The van der Waals surface area contributed by atoms with E-state index in [0.717, 1.165) is 30.4 Å². The summed E-state index contributed by atoms with van der Waals surface area (Å²) in [5.41, 5.74) is 1.22. The lowest BCUT2D eigenvalue weighted by atomic mass is 10.1. The highest BCUT2D eigenvalue weighted by atomic mass is 79.9. The normalized spacial score (nSPS) is 21.9. The van der Waals surface area contributed by atoms with E-state index in [1.807, 2.05) is 18.2 Å². The van der Waals surface area contributed by atoms with Crippen molar-refractivity contribution in [2.75, 3.05) is 18.1 Å². The summed E-state index contributed by atoms with van der Waals surface area (Å²) in [6.45, 7) is 3.90. The van der Waals surface area contributed by atoms with E-state index in [1.54, 1.807) is 0 Å². The minimum Gasteiger partial charge on any atom is -0.295 e. The number of benzene rings is 1. The lowest BCUT2D eigenvalue weighted by molar-refractivity contribution is 0.203. The second-order valence-corrected chi connectivity index (χ2v) is 8.20. The minimum atomic E-state index is -2.81. The molecule has 0 N–H and O–H groups in total. The van der Waals surface area contributed by atoms with Crippen LogP contribution in [0.5, 0.6) is 0 Å². The van der Waals surface area contributed by atoms with Gasteiger partial charge in [0.25, 0.3) is 0 Å². The van der Waals surface area contributed by atoms with Gasteiger partial charge in [-0.1, -0.05) is 41.1 Å². The highest BCUT2D eigenvalue weighted by Gasteiger charge is 2.31. The zero-order valence-corrected chi connectivity index (χ0v) is 13.6. The van der Waals surface area contributed by atoms with E-state index in [9.17, 15) is 8.42 Å². The maximum absolute atomic E-state index is 11.6. The van der Waals surface area contributed by atoms with Crippen molar-refractivity contribution in [2.24, 2.45) is 0 Å². The molecule has 3 nitrogen and oxygen atoms in total. The maximum atomic E-state index is 11.6. The number of sulfone groups is 1.